The van der Waals surface area contributed by atoms with Crippen LogP contribution in [0.25, 0.3) is 0 Å². The second-order valence-corrected chi connectivity index (χ2v) is 2.55. The summed E-state index contributed by atoms with van der Waals surface area (Å²) in [5, 5.41) is 2.89. The number of nitrogens with two attached hydrogens (primary N) is 1. The number of halogens is 2. The molecule has 3 N–H and O–H groups in total. The topological polar surface area (TPSA) is 64.3 Å². The van der Waals surface area contributed by atoms with Gasteiger partial charge in [0.15, 0.2) is 0 Å². The molecule has 6 heteroatoms. The van der Waals surface area contributed by atoms with Crippen LogP contribution in [0.2, 0.25) is 0 Å². The number of hydrogen-bond donors (Lipinski definition) is 2. The van der Waals surface area contributed by atoms with E-state index in [-0.39, 0.29) is 37.3 Å². The van der Waals surface area contributed by atoms with E-state index in [9.17, 15) is 4.79 Å². The highest BCUT2D eigenvalue weighted by atomic mass is 35.5. The van der Waals surface area contributed by atoms with Gasteiger partial charge in [0.1, 0.15) is 6.54 Å². The molecule has 0 atom stereocenters. The van der Waals surface area contributed by atoms with Crippen LogP contribution in [0, 0.1) is 0 Å². The van der Waals surface area contributed by atoms with E-state index < -0.39 is 0 Å². The van der Waals surface area contributed by atoms with Crippen LogP contribution in [0.5, 0.6) is 0 Å². The van der Waals surface area contributed by atoms with E-state index in [4.69, 9.17) is 5.73 Å². The van der Waals surface area contributed by atoms with Crippen molar-refractivity contribution in [1.29, 1.82) is 0 Å². The smallest absolute Gasteiger partial charge is 0.325 e. The number of nitrogen functional groups attached to an aromatic ring is 1. The van der Waals surface area contributed by atoms with Gasteiger partial charge in [-0.15, -0.1) is 24.8 Å². The van der Waals surface area contributed by atoms with Gasteiger partial charge in [-0.2, -0.15) is 0 Å². The number of carbonyl (C=O) groups excluding carboxylic acids is 1. The Hall–Kier alpha value is -1.13. The number of methoxy groups -OCH3 is 1. The van der Waals surface area contributed by atoms with Crippen molar-refractivity contribution in [3.63, 3.8) is 0 Å². The first kappa shape index (κ1) is 16.3. The second kappa shape index (κ2) is 8.20. The van der Waals surface area contributed by atoms with Crippen LogP contribution >= 0.6 is 24.8 Å². The quantitative estimate of drug-likeness (QED) is 0.635. The molecular weight excluding hydrogens is 239 g/mol. The number of ether oxygens (including phenoxy) is 1. The highest BCUT2D eigenvalue weighted by Gasteiger charge is 1.98. The Morgan fingerprint density at radius 2 is 1.87 bits per heavy atom. The molecule has 15 heavy (non-hydrogen) atoms. The van der Waals surface area contributed by atoms with Crippen LogP contribution in [-0.4, -0.2) is 19.6 Å². The Balaban J connectivity index is 0. The highest BCUT2D eigenvalue weighted by molar-refractivity contribution is 5.85. The summed E-state index contributed by atoms with van der Waals surface area (Å²) in [6, 6.07) is 7.13. The molecule has 0 bridgehead atoms. The predicted molar refractivity (Wildman–Crippen MR) is 65.9 cm³/mol. The van der Waals surface area contributed by atoms with Crippen molar-refractivity contribution in [3.8, 4) is 0 Å². The van der Waals surface area contributed by atoms with E-state index in [1.807, 2.05) is 0 Å². The van der Waals surface area contributed by atoms with Crippen LogP contribution in [-0.2, 0) is 9.53 Å². The molecule has 0 aliphatic rings. The maximum absolute atomic E-state index is 10.7. The van der Waals surface area contributed by atoms with Crippen molar-refractivity contribution >= 4 is 42.2 Å². The Bertz CT molecular complexity index is 291. The van der Waals surface area contributed by atoms with Crippen LogP contribution in [0.3, 0.4) is 0 Å². The Kier molecular flexibility index (Phi) is 8.91. The zero-order valence-electron chi connectivity index (χ0n) is 8.23. The molecule has 0 radical (unpaired) electrons. The third kappa shape index (κ3) is 6.04. The van der Waals surface area contributed by atoms with Crippen molar-refractivity contribution in [3.05, 3.63) is 24.3 Å². The third-order valence-electron chi connectivity index (χ3n) is 1.58. The Labute approximate surface area is 101 Å². The lowest BCUT2D eigenvalue weighted by Crippen LogP contribution is -2.14. The van der Waals surface area contributed by atoms with Gasteiger partial charge in [-0.3, -0.25) is 4.79 Å². The molecule has 0 heterocycles. The number of benzene rings is 1. The van der Waals surface area contributed by atoms with Gasteiger partial charge >= 0.3 is 5.97 Å². The first-order valence-corrected chi connectivity index (χ1v) is 3.88. The summed E-state index contributed by atoms with van der Waals surface area (Å²) in [7, 11) is 1.35. The summed E-state index contributed by atoms with van der Waals surface area (Å²) in [4.78, 5) is 10.7. The number of hydrogen-bond acceptors (Lipinski definition) is 4. The van der Waals surface area contributed by atoms with Gasteiger partial charge in [0.2, 0.25) is 0 Å². The normalized spacial score (nSPS) is 8.07. The summed E-state index contributed by atoms with van der Waals surface area (Å²) in [5.41, 5.74) is 7.03. The van der Waals surface area contributed by atoms with Gasteiger partial charge in [-0.25, -0.2) is 0 Å². The lowest BCUT2D eigenvalue weighted by molar-refractivity contribution is -0.138. The Morgan fingerprint density at radius 1 is 1.33 bits per heavy atom. The fraction of sp³-hybridized carbons (Fsp3) is 0.222. The van der Waals surface area contributed by atoms with Gasteiger partial charge in [0.05, 0.1) is 7.11 Å². The molecule has 0 aliphatic heterocycles. The van der Waals surface area contributed by atoms with Gasteiger partial charge in [-0.05, 0) is 24.3 Å². The van der Waals surface area contributed by atoms with Gasteiger partial charge in [0, 0.05) is 11.4 Å². The van der Waals surface area contributed by atoms with Crippen molar-refractivity contribution in [1.82, 2.24) is 0 Å². The van der Waals surface area contributed by atoms with E-state index in [0.717, 1.165) is 5.69 Å². The molecule has 1 rings (SSSR count). The minimum atomic E-state index is -0.295. The SMILES string of the molecule is COC(=O)CNc1ccc(N)cc1.Cl.Cl. The predicted octanol–water partition coefficient (Wildman–Crippen LogP) is 1.70. The van der Waals surface area contributed by atoms with Crippen molar-refractivity contribution in [2.45, 2.75) is 0 Å². The zero-order valence-corrected chi connectivity index (χ0v) is 9.86. The summed E-state index contributed by atoms with van der Waals surface area (Å²) < 4.78 is 4.47. The molecule has 4 nitrogen and oxygen atoms in total. The number of rotatable bonds is 3. The molecule has 0 unspecified atom stereocenters. The molecule has 1 aromatic rings. The largest absolute Gasteiger partial charge is 0.468 e. The minimum absolute atomic E-state index is 0. The molecule has 0 saturated heterocycles. The van der Waals surface area contributed by atoms with E-state index in [1.165, 1.54) is 7.11 Å². The van der Waals surface area contributed by atoms with E-state index in [2.05, 4.69) is 10.1 Å². The number of esters is 1. The highest BCUT2D eigenvalue weighted by Crippen LogP contribution is 2.09. The molecule has 0 spiro atoms. The fourth-order valence-corrected chi connectivity index (χ4v) is 0.847. The zero-order chi connectivity index (χ0) is 9.68. The fourth-order valence-electron chi connectivity index (χ4n) is 0.847. The molecule has 0 aliphatic carbocycles. The van der Waals surface area contributed by atoms with Gasteiger partial charge < -0.3 is 15.8 Å². The van der Waals surface area contributed by atoms with Gasteiger partial charge in [0.25, 0.3) is 0 Å². The van der Waals surface area contributed by atoms with E-state index in [0.29, 0.717) is 5.69 Å². The number of nitrogens with one attached hydrogen (secondary N) is 1. The number of carbonyl (C=O) groups is 1. The molecule has 0 saturated carbocycles. The van der Waals surface area contributed by atoms with Crippen LogP contribution in [0.4, 0.5) is 11.4 Å². The van der Waals surface area contributed by atoms with Crippen molar-refractivity contribution in [2.24, 2.45) is 0 Å². The maximum Gasteiger partial charge on any atom is 0.325 e. The van der Waals surface area contributed by atoms with Crippen LogP contribution in [0.1, 0.15) is 0 Å². The summed E-state index contributed by atoms with van der Waals surface area (Å²) in [6.07, 6.45) is 0. The van der Waals surface area contributed by atoms with Crippen LogP contribution in [0.15, 0.2) is 24.3 Å². The van der Waals surface area contributed by atoms with E-state index in [1.54, 1.807) is 24.3 Å². The van der Waals surface area contributed by atoms with Gasteiger partial charge in [-0.1, -0.05) is 0 Å². The maximum atomic E-state index is 10.7. The first-order valence-electron chi connectivity index (χ1n) is 3.88. The summed E-state index contributed by atoms with van der Waals surface area (Å²) in [5.74, 6) is -0.295. The average Bonchev–Trinajstić information content (AvgIpc) is 2.16. The second-order valence-electron chi connectivity index (χ2n) is 2.55. The number of anilines is 2. The standard InChI is InChI=1S/C9H12N2O2.2ClH/c1-13-9(12)6-11-8-4-2-7(10)3-5-8;;/h2-5,11H,6,10H2,1H3;2*1H. The lowest BCUT2D eigenvalue weighted by atomic mass is 10.3. The van der Waals surface area contributed by atoms with Crippen molar-refractivity contribution in [2.75, 3.05) is 24.7 Å². The van der Waals surface area contributed by atoms with E-state index >= 15 is 0 Å². The minimum Gasteiger partial charge on any atom is -0.468 e. The monoisotopic (exact) mass is 252 g/mol. The molecule has 0 amide bonds. The molecule has 0 aromatic heterocycles. The lowest BCUT2D eigenvalue weighted by Gasteiger charge is -2.04. The Morgan fingerprint density at radius 3 is 2.33 bits per heavy atom. The molecule has 1 aromatic carbocycles. The molecular formula is C9H14Cl2N2O2. The average molecular weight is 253 g/mol. The van der Waals surface area contributed by atoms with Crippen molar-refractivity contribution < 1.29 is 9.53 Å². The summed E-state index contributed by atoms with van der Waals surface area (Å²) in [6.45, 7) is 0.167. The molecule has 0 fully saturated rings. The van der Waals surface area contributed by atoms with Crippen LogP contribution < -0.4 is 11.1 Å². The first-order chi connectivity index (χ1) is 6.22. The third-order valence-corrected chi connectivity index (χ3v) is 1.58. The molecule has 86 valence electrons. The summed E-state index contributed by atoms with van der Waals surface area (Å²) >= 11 is 0.